The molecule has 11 heteroatoms. The van der Waals surface area contributed by atoms with Gasteiger partial charge in [-0.2, -0.15) is 4.68 Å². The van der Waals surface area contributed by atoms with E-state index in [1.54, 1.807) is 59.8 Å². The highest BCUT2D eigenvalue weighted by molar-refractivity contribution is 6.37. The van der Waals surface area contributed by atoms with E-state index in [2.05, 4.69) is 22.0 Å². The van der Waals surface area contributed by atoms with Crippen molar-refractivity contribution in [1.29, 1.82) is 0 Å². The van der Waals surface area contributed by atoms with Crippen LogP contribution >= 0.6 is 23.2 Å². The first-order chi connectivity index (χ1) is 19.9. The SMILES string of the molecule is C=C(N(CCc1cccnc1)c1ccc(C(=O)OCc2ccccc2)cc1)n1nnn(-c2c(Cl)cccc2Cl)c1=O. The number of nitrogens with zero attached hydrogens (tertiary/aromatic N) is 6. The molecule has 0 aliphatic rings. The number of benzene rings is 3. The molecular weight excluding hydrogens is 563 g/mol. The molecule has 5 aromatic rings. The topological polar surface area (TPSA) is 95.1 Å². The Labute approximate surface area is 245 Å². The second-order valence-corrected chi connectivity index (χ2v) is 9.76. The zero-order valence-electron chi connectivity index (χ0n) is 21.7. The number of para-hydroxylation sites is 1. The molecular formula is C30H24Cl2N6O3. The van der Waals surface area contributed by atoms with Gasteiger partial charge in [0.25, 0.3) is 0 Å². The van der Waals surface area contributed by atoms with Crippen LogP contribution in [0.4, 0.5) is 5.69 Å². The summed E-state index contributed by atoms with van der Waals surface area (Å²) in [5, 5.41) is 8.54. The highest BCUT2D eigenvalue weighted by atomic mass is 35.5. The molecule has 0 atom stereocenters. The van der Waals surface area contributed by atoms with Gasteiger partial charge in [-0.25, -0.2) is 9.59 Å². The Morgan fingerprint density at radius 1 is 0.878 bits per heavy atom. The zero-order valence-corrected chi connectivity index (χ0v) is 23.2. The van der Waals surface area contributed by atoms with Crippen molar-refractivity contribution in [3.8, 4) is 5.69 Å². The molecule has 0 saturated carbocycles. The summed E-state index contributed by atoms with van der Waals surface area (Å²) >= 11 is 12.6. The van der Waals surface area contributed by atoms with Gasteiger partial charge in [0.05, 0.1) is 15.6 Å². The third-order valence-corrected chi connectivity index (χ3v) is 6.87. The molecule has 0 bridgehead atoms. The van der Waals surface area contributed by atoms with Crippen LogP contribution < -0.4 is 10.6 Å². The molecule has 0 aliphatic carbocycles. The predicted octanol–water partition coefficient (Wildman–Crippen LogP) is 5.67. The standard InChI is InChI=1S/C30H24Cl2N6O3/c1-21(37-30(40)38(35-34-37)28-26(31)10-5-11-27(28)32)36(18-16-22-9-6-17-33-19-22)25-14-12-24(13-15-25)29(39)41-20-23-7-3-2-4-8-23/h2-15,17,19H,1,16,18,20H2. The first-order valence-electron chi connectivity index (χ1n) is 12.6. The summed E-state index contributed by atoms with van der Waals surface area (Å²) in [7, 11) is 0. The van der Waals surface area contributed by atoms with Gasteiger partial charge in [-0.05, 0) is 70.4 Å². The van der Waals surface area contributed by atoms with Crippen molar-refractivity contribution in [2.75, 3.05) is 11.4 Å². The van der Waals surface area contributed by atoms with E-state index in [1.807, 2.05) is 42.5 Å². The molecule has 2 aromatic heterocycles. The van der Waals surface area contributed by atoms with E-state index in [0.717, 1.165) is 20.5 Å². The van der Waals surface area contributed by atoms with Crippen molar-refractivity contribution < 1.29 is 9.53 Å². The van der Waals surface area contributed by atoms with Crippen LogP contribution in [0.5, 0.6) is 0 Å². The highest BCUT2D eigenvalue weighted by Gasteiger charge is 2.21. The summed E-state index contributed by atoms with van der Waals surface area (Å²) in [5.74, 6) is -0.204. The Hall–Kier alpha value is -4.73. The molecule has 0 spiro atoms. The van der Waals surface area contributed by atoms with Crippen LogP contribution in [-0.2, 0) is 17.8 Å². The van der Waals surface area contributed by atoms with E-state index in [9.17, 15) is 9.59 Å². The van der Waals surface area contributed by atoms with Gasteiger partial charge in [0.15, 0.2) is 0 Å². The third-order valence-electron chi connectivity index (χ3n) is 6.26. The Morgan fingerprint density at radius 2 is 1.59 bits per heavy atom. The van der Waals surface area contributed by atoms with Gasteiger partial charge < -0.3 is 9.64 Å². The number of halogens is 2. The first kappa shape index (κ1) is 27.8. The minimum absolute atomic E-state index is 0.170. The number of pyridine rings is 1. The number of carbonyl (C=O) groups excluding carboxylic acids is 1. The fourth-order valence-electron chi connectivity index (χ4n) is 4.13. The van der Waals surface area contributed by atoms with Gasteiger partial charge in [-0.15, -0.1) is 4.68 Å². The number of esters is 1. The van der Waals surface area contributed by atoms with Crippen molar-refractivity contribution in [2.45, 2.75) is 13.0 Å². The van der Waals surface area contributed by atoms with Crippen molar-refractivity contribution in [1.82, 2.24) is 24.8 Å². The van der Waals surface area contributed by atoms with E-state index in [4.69, 9.17) is 27.9 Å². The van der Waals surface area contributed by atoms with E-state index >= 15 is 0 Å². The number of aromatic nitrogens is 5. The number of anilines is 1. The van der Waals surface area contributed by atoms with E-state index in [-0.39, 0.29) is 28.2 Å². The average molecular weight is 587 g/mol. The third kappa shape index (κ3) is 6.37. The second kappa shape index (κ2) is 12.6. The Bertz CT molecular complexity index is 1700. The smallest absolute Gasteiger partial charge is 0.374 e. The predicted molar refractivity (Wildman–Crippen MR) is 158 cm³/mol. The number of rotatable bonds is 10. The molecule has 0 N–H and O–H groups in total. The van der Waals surface area contributed by atoms with E-state index < -0.39 is 11.7 Å². The molecule has 206 valence electrons. The maximum absolute atomic E-state index is 13.4. The average Bonchev–Trinajstić information content (AvgIpc) is 3.37. The number of hydrogen-bond acceptors (Lipinski definition) is 7. The summed E-state index contributed by atoms with van der Waals surface area (Å²) in [6, 6.07) is 25.0. The molecule has 0 fully saturated rings. The Balaban J connectivity index is 1.41. The van der Waals surface area contributed by atoms with Crippen LogP contribution in [0.1, 0.15) is 21.5 Å². The van der Waals surface area contributed by atoms with Crippen LogP contribution in [0.3, 0.4) is 0 Å². The Kier molecular flexibility index (Phi) is 8.57. The van der Waals surface area contributed by atoms with Crippen LogP contribution in [0.25, 0.3) is 11.5 Å². The molecule has 0 unspecified atom stereocenters. The van der Waals surface area contributed by atoms with Gasteiger partial charge in [0.2, 0.25) is 0 Å². The first-order valence-corrected chi connectivity index (χ1v) is 13.3. The largest absolute Gasteiger partial charge is 0.457 e. The van der Waals surface area contributed by atoms with Gasteiger partial charge in [-0.1, -0.05) is 72.2 Å². The lowest BCUT2D eigenvalue weighted by Gasteiger charge is -2.26. The van der Waals surface area contributed by atoms with E-state index in [1.165, 1.54) is 0 Å². The summed E-state index contributed by atoms with van der Waals surface area (Å²) in [5.41, 5.74) is 2.57. The number of hydrogen-bond donors (Lipinski definition) is 0. The fraction of sp³-hybridized carbons (Fsp3) is 0.100. The molecule has 0 radical (unpaired) electrons. The van der Waals surface area contributed by atoms with Crippen molar-refractivity contribution >= 4 is 40.7 Å². The number of ether oxygens (including phenoxy) is 1. The monoisotopic (exact) mass is 586 g/mol. The maximum atomic E-state index is 13.4. The minimum atomic E-state index is -0.600. The fourth-order valence-corrected chi connectivity index (χ4v) is 4.69. The summed E-state index contributed by atoms with van der Waals surface area (Å²) in [6.07, 6.45) is 4.06. The van der Waals surface area contributed by atoms with Gasteiger partial charge in [0, 0.05) is 24.6 Å². The lowest BCUT2D eigenvalue weighted by atomic mass is 10.1. The molecule has 0 saturated heterocycles. The molecule has 0 amide bonds. The van der Waals surface area contributed by atoms with Gasteiger partial charge >= 0.3 is 11.7 Å². The number of tetrazole rings is 1. The Morgan fingerprint density at radius 3 is 2.27 bits per heavy atom. The molecule has 9 nitrogen and oxygen atoms in total. The van der Waals surface area contributed by atoms with Gasteiger partial charge in [-0.3, -0.25) is 4.98 Å². The van der Waals surface area contributed by atoms with Crippen LogP contribution in [0.2, 0.25) is 10.0 Å². The normalized spacial score (nSPS) is 10.8. The lowest BCUT2D eigenvalue weighted by molar-refractivity contribution is 0.0472. The maximum Gasteiger partial charge on any atom is 0.374 e. The lowest BCUT2D eigenvalue weighted by Crippen LogP contribution is -2.33. The summed E-state index contributed by atoms with van der Waals surface area (Å²) in [4.78, 5) is 32.0. The van der Waals surface area contributed by atoms with Crippen molar-refractivity contribution in [3.05, 3.63) is 141 Å². The minimum Gasteiger partial charge on any atom is -0.457 e. The molecule has 41 heavy (non-hydrogen) atoms. The molecule has 5 rings (SSSR count). The zero-order chi connectivity index (χ0) is 28.8. The van der Waals surface area contributed by atoms with Crippen LogP contribution in [0.15, 0.2) is 109 Å². The molecule has 2 heterocycles. The quantitative estimate of drug-likeness (QED) is 0.195. The van der Waals surface area contributed by atoms with Gasteiger partial charge in [0.1, 0.15) is 18.1 Å². The van der Waals surface area contributed by atoms with Crippen molar-refractivity contribution in [2.24, 2.45) is 0 Å². The molecule has 3 aromatic carbocycles. The second-order valence-electron chi connectivity index (χ2n) is 8.94. The summed E-state index contributed by atoms with van der Waals surface area (Å²) < 4.78 is 7.55. The highest BCUT2D eigenvalue weighted by Crippen LogP contribution is 2.27. The van der Waals surface area contributed by atoms with Crippen molar-refractivity contribution in [3.63, 3.8) is 0 Å². The molecule has 0 aliphatic heterocycles. The van der Waals surface area contributed by atoms with E-state index in [0.29, 0.717) is 24.2 Å². The number of carbonyl (C=O) groups is 1. The summed E-state index contributed by atoms with van der Waals surface area (Å²) in [6.45, 7) is 4.74. The van der Waals surface area contributed by atoms with Crippen LogP contribution in [-0.4, -0.2) is 37.3 Å². The van der Waals surface area contributed by atoms with Crippen LogP contribution in [0, 0.1) is 0 Å².